The Balaban J connectivity index is 2.14. The average Bonchev–Trinajstić information content (AvgIpc) is 2.56. The molecule has 1 aromatic heterocycles. The molecule has 0 unspecified atom stereocenters. The number of carbonyl (C=O) groups is 1. The summed E-state index contributed by atoms with van der Waals surface area (Å²) in [4.78, 5) is 15.1. The van der Waals surface area contributed by atoms with E-state index in [0.717, 1.165) is 30.1 Å². The molecule has 0 saturated carbocycles. The molecule has 1 saturated heterocycles. The topological polar surface area (TPSA) is 32.3 Å². The molecule has 15 heavy (non-hydrogen) atoms. The molecule has 2 heterocycles. The molecule has 0 aliphatic carbocycles. The van der Waals surface area contributed by atoms with Crippen LogP contribution in [0.5, 0.6) is 0 Å². The molecule has 0 bridgehead atoms. The highest BCUT2D eigenvalue weighted by Crippen LogP contribution is 2.19. The van der Waals surface area contributed by atoms with Gasteiger partial charge in [-0.25, -0.2) is 0 Å². The standard InChI is InChI=1S/C11H16N2OS/c1-3-13(9-6-12-7-9)11(14)10-8(2)4-5-15-10/h4-5,9,12H,3,6-7H2,1-2H3. The van der Waals surface area contributed by atoms with E-state index in [1.807, 2.05) is 30.2 Å². The number of hydrogen-bond donors (Lipinski definition) is 1. The lowest BCUT2D eigenvalue weighted by atomic mass is 10.1. The van der Waals surface area contributed by atoms with E-state index < -0.39 is 0 Å². The van der Waals surface area contributed by atoms with Crippen molar-refractivity contribution < 1.29 is 4.79 Å². The largest absolute Gasteiger partial charge is 0.333 e. The van der Waals surface area contributed by atoms with Gasteiger partial charge in [0, 0.05) is 19.6 Å². The van der Waals surface area contributed by atoms with Crippen LogP contribution in [0.2, 0.25) is 0 Å². The van der Waals surface area contributed by atoms with Crippen LogP contribution in [0.1, 0.15) is 22.2 Å². The van der Waals surface area contributed by atoms with Crippen LogP contribution in [-0.2, 0) is 0 Å². The van der Waals surface area contributed by atoms with E-state index in [2.05, 4.69) is 5.32 Å². The first-order chi connectivity index (χ1) is 7.24. The third-order valence-corrected chi connectivity index (χ3v) is 3.86. The number of carbonyl (C=O) groups excluding carboxylic acids is 1. The molecular weight excluding hydrogens is 208 g/mol. The fourth-order valence-electron chi connectivity index (χ4n) is 1.78. The molecule has 0 spiro atoms. The maximum atomic E-state index is 12.2. The lowest BCUT2D eigenvalue weighted by Gasteiger charge is -2.37. The van der Waals surface area contributed by atoms with Gasteiger partial charge in [0.2, 0.25) is 0 Å². The number of hydrogen-bond acceptors (Lipinski definition) is 3. The van der Waals surface area contributed by atoms with Gasteiger partial charge in [0.25, 0.3) is 5.91 Å². The van der Waals surface area contributed by atoms with Gasteiger partial charge < -0.3 is 10.2 Å². The molecule has 0 radical (unpaired) electrons. The lowest BCUT2D eigenvalue weighted by Crippen LogP contribution is -2.58. The number of thiophene rings is 1. The Bertz CT molecular complexity index is 357. The first-order valence-electron chi connectivity index (χ1n) is 5.29. The summed E-state index contributed by atoms with van der Waals surface area (Å²) in [5.74, 6) is 0.191. The Morgan fingerprint density at radius 3 is 2.80 bits per heavy atom. The first-order valence-corrected chi connectivity index (χ1v) is 6.17. The zero-order valence-electron chi connectivity index (χ0n) is 9.12. The van der Waals surface area contributed by atoms with Crippen LogP contribution >= 0.6 is 11.3 Å². The van der Waals surface area contributed by atoms with Crippen molar-refractivity contribution in [2.75, 3.05) is 19.6 Å². The fourth-order valence-corrected chi connectivity index (χ4v) is 2.66. The summed E-state index contributed by atoms with van der Waals surface area (Å²) in [6, 6.07) is 2.40. The summed E-state index contributed by atoms with van der Waals surface area (Å²) in [5, 5.41) is 5.18. The van der Waals surface area contributed by atoms with E-state index >= 15 is 0 Å². The predicted molar refractivity (Wildman–Crippen MR) is 62.4 cm³/mol. The zero-order chi connectivity index (χ0) is 10.8. The average molecular weight is 224 g/mol. The Morgan fingerprint density at radius 1 is 1.67 bits per heavy atom. The quantitative estimate of drug-likeness (QED) is 0.843. The van der Waals surface area contributed by atoms with Crippen molar-refractivity contribution in [1.29, 1.82) is 0 Å². The minimum absolute atomic E-state index is 0.191. The van der Waals surface area contributed by atoms with E-state index in [0.29, 0.717) is 6.04 Å². The van der Waals surface area contributed by atoms with Gasteiger partial charge in [-0.2, -0.15) is 0 Å². The predicted octanol–water partition coefficient (Wildman–Crippen LogP) is 1.49. The highest BCUT2D eigenvalue weighted by atomic mass is 32.1. The normalized spacial score (nSPS) is 16.1. The van der Waals surface area contributed by atoms with Crippen molar-refractivity contribution in [2.24, 2.45) is 0 Å². The SMILES string of the molecule is CCN(C(=O)c1sccc1C)C1CNC1. The van der Waals surface area contributed by atoms with Gasteiger partial charge in [-0.1, -0.05) is 0 Å². The van der Waals surface area contributed by atoms with Crippen LogP contribution in [0.3, 0.4) is 0 Å². The Hall–Kier alpha value is -0.870. The summed E-state index contributed by atoms with van der Waals surface area (Å²) in [5.41, 5.74) is 1.09. The van der Waals surface area contributed by atoms with Crippen LogP contribution in [0.15, 0.2) is 11.4 Å². The molecule has 0 aromatic carbocycles. The molecule has 3 nitrogen and oxygen atoms in total. The monoisotopic (exact) mass is 224 g/mol. The number of amides is 1. The van der Waals surface area contributed by atoms with Crippen molar-refractivity contribution in [1.82, 2.24) is 10.2 Å². The van der Waals surface area contributed by atoms with Crippen LogP contribution < -0.4 is 5.32 Å². The third kappa shape index (κ3) is 1.92. The molecule has 1 aromatic rings. The van der Waals surface area contributed by atoms with Crippen molar-refractivity contribution in [3.05, 3.63) is 21.9 Å². The second kappa shape index (κ2) is 4.33. The van der Waals surface area contributed by atoms with Crippen LogP contribution in [0, 0.1) is 6.92 Å². The first kappa shape index (κ1) is 10.6. The highest BCUT2D eigenvalue weighted by molar-refractivity contribution is 7.12. The molecule has 1 N–H and O–H groups in total. The van der Waals surface area contributed by atoms with Gasteiger partial charge in [-0.05, 0) is 30.9 Å². The zero-order valence-corrected chi connectivity index (χ0v) is 9.93. The molecule has 1 amide bonds. The van der Waals surface area contributed by atoms with Crippen molar-refractivity contribution >= 4 is 17.2 Å². The highest BCUT2D eigenvalue weighted by Gasteiger charge is 2.28. The molecule has 2 rings (SSSR count). The molecule has 4 heteroatoms. The maximum Gasteiger partial charge on any atom is 0.264 e. The second-order valence-corrected chi connectivity index (χ2v) is 4.75. The second-order valence-electron chi connectivity index (χ2n) is 3.84. The summed E-state index contributed by atoms with van der Waals surface area (Å²) >= 11 is 1.54. The number of rotatable bonds is 3. The Labute approximate surface area is 94.1 Å². The van der Waals surface area contributed by atoms with Crippen LogP contribution in [0.25, 0.3) is 0 Å². The molecule has 1 aliphatic heterocycles. The summed E-state index contributed by atoms with van der Waals surface area (Å²) in [6.07, 6.45) is 0. The Kier molecular flexibility index (Phi) is 3.07. The number of nitrogens with one attached hydrogen (secondary N) is 1. The van der Waals surface area contributed by atoms with Gasteiger partial charge in [0.15, 0.2) is 0 Å². The smallest absolute Gasteiger partial charge is 0.264 e. The molecule has 0 atom stereocenters. The molecule has 1 aliphatic rings. The van der Waals surface area contributed by atoms with E-state index in [1.165, 1.54) is 0 Å². The number of nitrogens with zero attached hydrogens (tertiary/aromatic N) is 1. The molecular formula is C11H16N2OS. The maximum absolute atomic E-state index is 12.2. The summed E-state index contributed by atoms with van der Waals surface area (Å²) in [7, 11) is 0. The molecule has 1 fully saturated rings. The minimum atomic E-state index is 0.191. The minimum Gasteiger partial charge on any atom is -0.333 e. The van der Waals surface area contributed by atoms with Gasteiger partial charge in [-0.3, -0.25) is 4.79 Å². The van der Waals surface area contributed by atoms with E-state index in [-0.39, 0.29) is 5.91 Å². The van der Waals surface area contributed by atoms with Crippen molar-refractivity contribution in [3.63, 3.8) is 0 Å². The number of aryl methyl sites for hydroxylation is 1. The van der Waals surface area contributed by atoms with Gasteiger partial charge in [-0.15, -0.1) is 11.3 Å². The summed E-state index contributed by atoms with van der Waals surface area (Å²) < 4.78 is 0. The fraction of sp³-hybridized carbons (Fsp3) is 0.545. The molecule has 82 valence electrons. The van der Waals surface area contributed by atoms with Crippen LogP contribution in [0.4, 0.5) is 0 Å². The van der Waals surface area contributed by atoms with Gasteiger partial charge in [0.05, 0.1) is 10.9 Å². The lowest BCUT2D eigenvalue weighted by molar-refractivity contribution is 0.0634. The number of likely N-dealkylation sites (N-methyl/N-ethyl adjacent to an activating group) is 1. The van der Waals surface area contributed by atoms with Crippen LogP contribution in [-0.4, -0.2) is 36.5 Å². The van der Waals surface area contributed by atoms with Crippen molar-refractivity contribution in [2.45, 2.75) is 19.9 Å². The van der Waals surface area contributed by atoms with E-state index in [1.54, 1.807) is 11.3 Å². The third-order valence-electron chi connectivity index (χ3n) is 2.86. The van der Waals surface area contributed by atoms with Gasteiger partial charge in [0.1, 0.15) is 0 Å². The summed E-state index contributed by atoms with van der Waals surface area (Å²) in [6.45, 7) is 6.70. The van der Waals surface area contributed by atoms with Gasteiger partial charge >= 0.3 is 0 Å². The van der Waals surface area contributed by atoms with E-state index in [9.17, 15) is 4.79 Å². The Morgan fingerprint density at radius 2 is 2.40 bits per heavy atom. The van der Waals surface area contributed by atoms with E-state index in [4.69, 9.17) is 0 Å². The van der Waals surface area contributed by atoms with Crippen molar-refractivity contribution in [3.8, 4) is 0 Å².